The summed E-state index contributed by atoms with van der Waals surface area (Å²) in [7, 11) is 0. The highest BCUT2D eigenvalue weighted by molar-refractivity contribution is 9.10. The quantitative estimate of drug-likeness (QED) is 0.885. The van der Waals surface area contributed by atoms with Crippen molar-refractivity contribution in [3.63, 3.8) is 0 Å². The van der Waals surface area contributed by atoms with Crippen molar-refractivity contribution < 1.29 is 0 Å². The first-order valence-electron chi connectivity index (χ1n) is 6.55. The van der Waals surface area contributed by atoms with Crippen molar-refractivity contribution in [2.75, 3.05) is 19.6 Å². The van der Waals surface area contributed by atoms with E-state index in [0.29, 0.717) is 6.04 Å². The van der Waals surface area contributed by atoms with Gasteiger partial charge in [-0.15, -0.1) is 0 Å². The zero-order valence-corrected chi connectivity index (χ0v) is 13.1. The van der Waals surface area contributed by atoms with Crippen LogP contribution in [0.3, 0.4) is 0 Å². The fraction of sp³-hybridized carbons (Fsp3) is 0.571. The van der Waals surface area contributed by atoms with Gasteiger partial charge in [0.15, 0.2) is 0 Å². The number of hydrogen-bond donors (Lipinski definition) is 1. The second-order valence-corrected chi connectivity index (χ2v) is 6.23. The summed E-state index contributed by atoms with van der Waals surface area (Å²) in [5, 5.41) is 4.29. The van der Waals surface area contributed by atoms with Crippen LogP contribution in [0.2, 0.25) is 5.02 Å². The Hall–Kier alpha value is -0.0900. The van der Waals surface area contributed by atoms with E-state index < -0.39 is 0 Å². The maximum Gasteiger partial charge on any atom is 0.0551 e. The molecule has 1 aromatic rings. The standard InChI is InChI=1S/C14H20BrClN2/c1-11(18-6-2-3-7-18)9-17-10-12-4-5-13(15)14(16)8-12/h4-5,8,11,17H,2-3,6-7,9-10H2,1H3. The molecule has 2 nitrogen and oxygen atoms in total. The van der Waals surface area contributed by atoms with E-state index in [9.17, 15) is 0 Å². The summed E-state index contributed by atoms with van der Waals surface area (Å²) in [5.74, 6) is 0. The summed E-state index contributed by atoms with van der Waals surface area (Å²) < 4.78 is 0.957. The van der Waals surface area contributed by atoms with E-state index >= 15 is 0 Å². The first kappa shape index (κ1) is 14.3. The van der Waals surface area contributed by atoms with Gasteiger partial charge >= 0.3 is 0 Å². The van der Waals surface area contributed by atoms with Crippen LogP contribution < -0.4 is 5.32 Å². The van der Waals surface area contributed by atoms with Crippen molar-refractivity contribution in [1.29, 1.82) is 0 Å². The molecule has 0 aliphatic carbocycles. The lowest BCUT2D eigenvalue weighted by atomic mass is 10.2. The predicted molar refractivity (Wildman–Crippen MR) is 81.1 cm³/mol. The molecule has 4 heteroatoms. The summed E-state index contributed by atoms with van der Waals surface area (Å²) in [5.41, 5.74) is 1.23. The number of benzene rings is 1. The van der Waals surface area contributed by atoms with E-state index in [1.165, 1.54) is 31.5 Å². The van der Waals surface area contributed by atoms with Crippen molar-refractivity contribution in [1.82, 2.24) is 10.2 Å². The van der Waals surface area contributed by atoms with Gasteiger partial charge < -0.3 is 5.32 Å². The van der Waals surface area contributed by atoms with Gasteiger partial charge in [-0.3, -0.25) is 4.90 Å². The second-order valence-electron chi connectivity index (χ2n) is 4.97. The molecule has 0 amide bonds. The molecule has 100 valence electrons. The number of likely N-dealkylation sites (tertiary alicyclic amines) is 1. The van der Waals surface area contributed by atoms with Crippen molar-refractivity contribution in [3.8, 4) is 0 Å². The minimum atomic E-state index is 0.624. The number of hydrogen-bond acceptors (Lipinski definition) is 2. The molecule has 18 heavy (non-hydrogen) atoms. The van der Waals surface area contributed by atoms with Crippen LogP contribution in [0.5, 0.6) is 0 Å². The van der Waals surface area contributed by atoms with Gasteiger partial charge in [0, 0.05) is 23.6 Å². The fourth-order valence-electron chi connectivity index (χ4n) is 2.39. The van der Waals surface area contributed by atoms with Gasteiger partial charge in [0.1, 0.15) is 0 Å². The summed E-state index contributed by atoms with van der Waals surface area (Å²) in [4.78, 5) is 2.56. The largest absolute Gasteiger partial charge is 0.311 e. The second kappa shape index (κ2) is 6.90. The van der Waals surface area contributed by atoms with E-state index in [2.05, 4.69) is 39.1 Å². The van der Waals surface area contributed by atoms with Crippen molar-refractivity contribution in [3.05, 3.63) is 33.3 Å². The molecule has 1 fully saturated rings. The molecule has 1 aliphatic rings. The Balaban J connectivity index is 1.75. The minimum Gasteiger partial charge on any atom is -0.311 e. The predicted octanol–water partition coefficient (Wildman–Crippen LogP) is 3.68. The molecular weight excluding hydrogens is 312 g/mol. The third kappa shape index (κ3) is 3.95. The molecule has 0 spiro atoms. The molecule has 1 aromatic carbocycles. The lowest BCUT2D eigenvalue weighted by Crippen LogP contribution is -2.38. The van der Waals surface area contributed by atoms with Gasteiger partial charge in [0.2, 0.25) is 0 Å². The normalized spacial score (nSPS) is 18.2. The molecule has 1 saturated heterocycles. The van der Waals surface area contributed by atoms with E-state index in [-0.39, 0.29) is 0 Å². The zero-order chi connectivity index (χ0) is 13.0. The molecule has 1 N–H and O–H groups in total. The monoisotopic (exact) mass is 330 g/mol. The van der Waals surface area contributed by atoms with Gasteiger partial charge in [-0.05, 0) is 66.5 Å². The highest BCUT2D eigenvalue weighted by Gasteiger charge is 2.17. The number of rotatable bonds is 5. The summed E-state index contributed by atoms with van der Waals surface area (Å²) in [6.07, 6.45) is 2.71. The third-order valence-corrected chi connectivity index (χ3v) is 4.75. The summed E-state index contributed by atoms with van der Waals surface area (Å²) in [6, 6.07) is 6.74. The Morgan fingerprint density at radius 2 is 2.11 bits per heavy atom. The van der Waals surface area contributed by atoms with E-state index in [1.54, 1.807) is 0 Å². The van der Waals surface area contributed by atoms with Gasteiger partial charge in [-0.2, -0.15) is 0 Å². The lowest BCUT2D eigenvalue weighted by Gasteiger charge is -2.24. The van der Waals surface area contributed by atoms with Crippen LogP contribution >= 0.6 is 27.5 Å². The van der Waals surface area contributed by atoms with Crippen LogP contribution in [0.4, 0.5) is 0 Å². The van der Waals surface area contributed by atoms with Crippen LogP contribution in [0, 0.1) is 0 Å². The minimum absolute atomic E-state index is 0.624. The first-order valence-corrected chi connectivity index (χ1v) is 7.72. The Kier molecular flexibility index (Phi) is 5.49. The Morgan fingerprint density at radius 3 is 2.78 bits per heavy atom. The fourth-order valence-corrected chi connectivity index (χ4v) is 2.84. The van der Waals surface area contributed by atoms with Crippen molar-refractivity contribution in [2.45, 2.75) is 32.4 Å². The number of nitrogens with one attached hydrogen (secondary N) is 1. The van der Waals surface area contributed by atoms with Gasteiger partial charge in [0.25, 0.3) is 0 Å². The Labute approximate surface area is 123 Å². The molecule has 1 atom stereocenters. The molecule has 0 aromatic heterocycles. The molecule has 0 radical (unpaired) electrons. The molecule has 1 unspecified atom stereocenters. The molecule has 0 saturated carbocycles. The molecule has 1 heterocycles. The average Bonchev–Trinajstić information content (AvgIpc) is 2.87. The maximum absolute atomic E-state index is 6.08. The van der Waals surface area contributed by atoms with Crippen molar-refractivity contribution >= 4 is 27.5 Å². The molecule has 2 rings (SSSR count). The molecule has 0 bridgehead atoms. The van der Waals surface area contributed by atoms with Crippen LogP contribution in [0.25, 0.3) is 0 Å². The van der Waals surface area contributed by atoms with E-state index in [0.717, 1.165) is 22.6 Å². The molecule has 1 aliphatic heterocycles. The van der Waals surface area contributed by atoms with Gasteiger partial charge in [-0.25, -0.2) is 0 Å². The number of halogens is 2. The Morgan fingerprint density at radius 1 is 1.39 bits per heavy atom. The van der Waals surface area contributed by atoms with Crippen LogP contribution in [-0.2, 0) is 6.54 Å². The van der Waals surface area contributed by atoms with Gasteiger partial charge in [0.05, 0.1) is 5.02 Å². The van der Waals surface area contributed by atoms with E-state index in [4.69, 9.17) is 11.6 Å². The summed E-state index contributed by atoms with van der Waals surface area (Å²) >= 11 is 9.48. The van der Waals surface area contributed by atoms with Crippen LogP contribution in [0.1, 0.15) is 25.3 Å². The van der Waals surface area contributed by atoms with Crippen LogP contribution in [-0.4, -0.2) is 30.6 Å². The smallest absolute Gasteiger partial charge is 0.0551 e. The molecular formula is C14H20BrClN2. The highest BCUT2D eigenvalue weighted by Crippen LogP contribution is 2.23. The van der Waals surface area contributed by atoms with Crippen molar-refractivity contribution in [2.24, 2.45) is 0 Å². The highest BCUT2D eigenvalue weighted by atomic mass is 79.9. The topological polar surface area (TPSA) is 15.3 Å². The summed E-state index contributed by atoms with van der Waals surface area (Å²) in [6.45, 7) is 6.73. The Bertz CT molecular complexity index is 391. The SMILES string of the molecule is CC(CNCc1ccc(Br)c(Cl)c1)N1CCCC1. The van der Waals surface area contributed by atoms with Gasteiger partial charge in [-0.1, -0.05) is 17.7 Å². The van der Waals surface area contributed by atoms with Crippen LogP contribution in [0.15, 0.2) is 22.7 Å². The average molecular weight is 332 g/mol. The van der Waals surface area contributed by atoms with E-state index in [1.807, 2.05) is 12.1 Å². The lowest BCUT2D eigenvalue weighted by molar-refractivity contribution is 0.251. The maximum atomic E-state index is 6.08. The first-order chi connectivity index (χ1) is 8.66. The zero-order valence-electron chi connectivity index (χ0n) is 10.8. The third-order valence-electron chi connectivity index (χ3n) is 3.52. The number of nitrogens with zero attached hydrogens (tertiary/aromatic N) is 1.